The summed E-state index contributed by atoms with van der Waals surface area (Å²) in [5, 5.41) is 0. The normalized spacial score (nSPS) is 28.2. The summed E-state index contributed by atoms with van der Waals surface area (Å²) in [7, 11) is 0. The van der Waals surface area contributed by atoms with E-state index in [1.807, 2.05) is 4.90 Å². The smallest absolute Gasteiger partial charge is 0.222 e. The van der Waals surface area contributed by atoms with Gasteiger partial charge >= 0.3 is 0 Å². The molecule has 2 aliphatic rings. The molecule has 0 spiro atoms. The molecular weight excluding hydrogens is 264 g/mol. The Morgan fingerprint density at radius 3 is 2.68 bits per heavy atom. The number of rotatable bonds is 4. The number of hydrogen-bond donors (Lipinski definition) is 1. The molecule has 112 valence electrons. The van der Waals surface area contributed by atoms with E-state index in [9.17, 15) is 4.79 Å². The van der Waals surface area contributed by atoms with Gasteiger partial charge in [-0.05, 0) is 43.6 Å². The van der Waals surface area contributed by atoms with Crippen LogP contribution in [0.2, 0.25) is 0 Å². The fourth-order valence-corrected chi connectivity index (χ4v) is 2.92. The molecule has 4 nitrogen and oxygen atoms in total. The largest absolute Gasteiger partial charge is 0.381 e. The van der Waals surface area contributed by atoms with Crippen LogP contribution in [0.25, 0.3) is 0 Å². The van der Waals surface area contributed by atoms with Gasteiger partial charge in [0.1, 0.15) is 0 Å². The van der Waals surface area contributed by atoms with Crippen LogP contribution in [0, 0.1) is 11.3 Å². The van der Waals surface area contributed by atoms with Crippen molar-refractivity contribution >= 4 is 18.3 Å². The maximum Gasteiger partial charge on any atom is 0.222 e. The molecule has 0 aromatic rings. The van der Waals surface area contributed by atoms with Gasteiger partial charge in [0, 0.05) is 32.7 Å². The van der Waals surface area contributed by atoms with Crippen molar-refractivity contribution in [3.05, 3.63) is 0 Å². The molecule has 2 fully saturated rings. The van der Waals surface area contributed by atoms with E-state index < -0.39 is 0 Å². The lowest BCUT2D eigenvalue weighted by Gasteiger charge is -2.24. The first-order chi connectivity index (χ1) is 8.63. The Morgan fingerprint density at radius 1 is 1.42 bits per heavy atom. The number of carbonyl (C=O) groups excluding carboxylic acids is 1. The predicted molar refractivity (Wildman–Crippen MR) is 78.4 cm³/mol. The number of hydrogen-bond acceptors (Lipinski definition) is 3. The van der Waals surface area contributed by atoms with E-state index in [2.05, 4.69) is 6.92 Å². The van der Waals surface area contributed by atoms with Gasteiger partial charge in [-0.2, -0.15) is 0 Å². The molecule has 1 amide bonds. The van der Waals surface area contributed by atoms with Gasteiger partial charge in [0.2, 0.25) is 5.91 Å². The monoisotopic (exact) mass is 290 g/mol. The van der Waals surface area contributed by atoms with E-state index >= 15 is 0 Å². The van der Waals surface area contributed by atoms with Crippen LogP contribution in [0.15, 0.2) is 0 Å². The highest BCUT2D eigenvalue weighted by molar-refractivity contribution is 5.85. The van der Waals surface area contributed by atoms with E-state index in [0.29, 0.717) is 24.8 Å². The third kappa shape index (κ3) is 4.62. The Balaban J connectivity index is 0.00000180. The molecule has 0 aromatic heterocycles. The number of halogens is 1. The molecule has 5 heteroatoms. The minimum absolute atomic E-state index is 0. The van der Waals surface area contributed by atoms with Crippen molar-refractivity contribution in [1.29, 1.82) is 0 Å². The van der Waals surface area contributed by atoms with Crippen molar-refractivity contribution in [3.8, 4) is 0 Å². The van der Waals surface area contributed by atoms with Gasteiger partial charge in [0.05, 0.1) is 0 Å². The summed E-state index contributed by atoms with van der Waals surface area (Å²) in [6, 6.07) is 0. The van der Waals surface area contributed by atoms with Gasteiger partial charge in [0.15, 0.2) is 0 Å². The number of amides is 1. The summed E-state index contributed by atoms with van der Waals surface area (Å²) < 4.78 is 5.34. The lowest BCUT2D eigenvalue weighted by Crippen LogP contribution is -2.34. The molecule has 0 saturated carbocycles. The summed E-state index contributed by atoms with van der Waals surface area (Å²) in [6.07, 6.45) is 5.01. The fraction of sp³-hybridized carbons (Fsp3) is 0.929. The third-order valence-electron chi connectivity index (χ3n) is 4.51. The van der Waals surface area contributed by atoms with Gasteiger partial charge in [-0.15, -0.1) is 12.4 Å². The molecule has 1 unspecified atom stereocenters. The Hall–Kier alpha value is -0.320. The number of nitrogens with zero attached hydrogens (tertiary/aromatic N) is 1. The molecule has 0 radical (unpaired) electrons. The molecule has 2 rings (SSSR count). The van der Waals surface area contributed by atoms with Crippen molar-refractivity contribution in [2.24, 2.45) is 17.1 Å². The van der Waals surface area contributed by atoms with Crippen LogP contribution in [-0.2, 0) is 9.53 Å². The molecular formula is C14H27ClN2O2. The number of nitrogens with two attached hydrogens (primary N) is 1. The van der Waals surface area contributed by atoms with Gasteiger partial charge < -0.3 is 15.4 Å². The first-order valence-electron chi connectivity index (χ1n) is 7.18. The molecule has 2 heterocycles. The van der Waals surface area contributed by atoms with Crippen LogP contribution in [0.1, 0.15) is 39.0 Å². The van der Waals surface area contributed by atoms with Gasteiger partial charge in [-0.3, -0.25) is 4.79 Å². The van der Waals surface area contributed by atoms with Crippen molar-refractivity contribution in [2.45, 2.75) is 39.0 Å². The average molecular weight is 291 g/mol. The first kappa shape index (κ1) is 16.7. The molecule has 19 heavy (non-hydrogen) atoms. The Morgan fingerprint density at radius 2 is 2.11 bits per heavy atom. The fourth-order valence-electron chi connectivity index (χ4n) is 2.92. The molecule has 2 N–H and O–H groups in total. The zero-order chi connectivity index (χ0) is 13.0. The second-order valence-corrected chi connectivity index (χ2v) is 6.17. The third-order valence-corrected chi connectivity index (χ3v) is 4.51. The lowest BCUT2D eigenvalue weighted by atomic mass is 9.90. The Kier molecular flexibility index (Phi) is 6.57. The zero-order valence-corrected chi connectivity index (χ0v) is 12.7. The summed E-state index contributed by atoms with van der Waals surface area (Å²) in [5.41, 5.74) is 5.92. The Labute approximate surface area is 122 Å². The predicted octanol–water partition coefficient (Wildman–Crippen LogP) is 1.81. The van der Waals surface area contributed by atoms with E-state index in [-0.39, 0.29) is 17.8 Å². The lowest BCUT2D eigenvalue weighted by molar-refractivity contribution is -0.131. The Bertz CT molecular complexity index is 295. The summed E-state index contributed by atoms with van der Waals surface area (Å²) in [5.74, 6) is 1.00. The van der Waals surface area contributed by atoms with E-state index in [4.69, 9.17) is 10.5 Å². The van der Waals surface area contributed by atoms with Crippen molar-refractivity contribution in [2.75, 3.05) is 32.8 Å². The van der Waals surface area contributed by atoms with Crippen molar-refractivity contribution in [1.82, 2.24) is 4.90 Å². The second-order valence-electron chi connectivity index (χ2n) is 6.17. The van der Waals surface area contributed by atoms with Crippen LogP contribution in [0.5, 0.6) is 0 Å². The first-order valence-corrected chi connectivity index (χ1v) is 7.18. The minimum Gasteiger partial charge on any atom is -0.381 e. The average Bonchev–Trinajstić information content (AvgIpc) is 2.81. The maximum atomic E-state index is 12.1. The van der Waals surface area contributed by atoms with Crippen LogP contribution in [0.4, 0.5) is 0 Å². The number of likely N-dealkylation sites (tertiary alicyclic amines) is 1. The quantitative estimate of drug-likeness (QED) is 0.859. The van der Waals surface area contributed by atoms with Gasteiger partial charge in [0.25, 0.3) is 0 Å². The topological polar surface area (TPSA) is 55.6 Å². The number of ether oxygens (including phenoxy) is 1. The van der Waals surface area contributed by atoms with Crippen LogP contribution >= 0.6 is 12.4 Å². The summed E-state index contributed by atoms with van der Waals surface area (Å²) in [4.78, 5) is 14.2. The highest BCUT2D eigenvalue weighted by Gasteiger charge is 2.34. The number of carbonyl (C=O) groups is 1. The molecule has 1 atom stereocenters. The van der Waals surface area contributed by atoms with Crippen molar-refractivity contribution in [3.63, 3.8) is 0 Å². The van der Waals surface area contributed by atoms with Crippen LogP contribution in [-0.4, -0.2) is 43.7 Å². The summed E-state index contributed by atoms with van der Waals surface area (Å²) >= 11 is 0. The van der Waals surface area contributed by atoms with Crippen LogP contribution < -0.4 is 5.73 Å². The standard InChI is InChI=1S/C14H26N2O2.ClH/c1-14(10-15)6-7-16(11-14)13(17)3-2-12-4-8-18-9-5-12;/h12H,2-11,15H2,1H3;1H. The van der Waals surface area contributed by atoms with E-state index in [1.165, 1.54) is 0 Å². The van der Waals surface area contributed by atoms with Crippen LogP contribution in [0.3, 0.4) is 0 Å². The minimum atomic E-state index is 0. The highest BCUT2D eigenvalue weighted by atomic mass is 35.5. The molecule has 0 bridgehead atoms. The summed E-state index contributed by atoms with van der Waals surface area (Å²) in [6.45, 7) is 6.33. The van der Waals surface area contributed by atoms with Gasteiger partial charge in [-0.1, -0.05) is 6.92 Å². The van der Waals surface area contributed by atoms with Gasteiger partial charge in [-0.25, -0.2) is 0 Å². The molecule has 2 saturated heterocycles. The SMILES string of the molecule is CC1(CN)CCN(C(=O)CCC2CCOCC2)C1.Cl. The highest BCUT2D eigenvalue weighted by Crippen LogP contribution is 2.29. The molecule has 0 aromatic carbocycles. The second kappa shape index (κ2) is 7.46. The molecule has 2 aliphatic heterocycles. The molecule has 0 aliphatic carbocycles. The van der Waals surface area contributed by atoms with Crippen molar-refractivity contribution < 1.29 is 9.53 Å². The van der Waals surface area contributed by atoms with E-state index in [0.717, 1.165) is 52.0 Å². The van der Waals surface area contributed by atoms with E-state index in [1.54, 1.807) is 0 Å². The maximum absolute atomic E-state index is 12.1. The zero-order valence-electron chi connectivity index (χ0n) is 11.9.